The highest BCUT2D eigenvalue weighted by atomic mass is 32.2. The molecule has 7 heteroatoms. The Kier molecular flexibility index (Phi) is 4.68. The maximum atomic E-state index is 12.7. The fourth-order valence-corrected chi connectivity index (χ4v) is 6.51. The molecule has 4 rings (SSSR count). The molecule has 1 aromatic heterocycles. The second-order valence-corrected chi connectivity index (χ2v) is 10.1. The van der Waals surface area contributed by atoms with Gasteiger partial charge in [0.05, 0.1) is 24.7 Å². The van der Waals surface area contributed by atoms with E-state index in [1.54, 1.807) is 17.7 Å². The van der Waals surface area contributed by atoms with Gasteiger partial charge in [-0.25, -0.2) is 12.7 Å². The third-order valence-corrected chi connectivity index (χ3v) is 8.58. The quantitative estimate of drug-likeness (QED) is 0.768. The molecule has 3 aliphatic rings. The summed E-state index contributed by atoms with van der Waals surface area (Å²) in [6.07, 6.45) is 5.43. The Labute approximate surface area is 150 Å². The predicted molar refractivity (Wildman–Crippen MR) is 94.5 cm³/mol. The summed E-state index contributed by atoms with van der Waals surface area (Å²) in [4.78, 5) is 2.41. The molecule has 6 nitrogen and oxygen atoms in total. The molecule has 3 heterocycles. The fourth-order valence-electron chi connectivity index (χ4n) is 4.53. The number of rotatable bonds is 6. The molecule has 1 aliphatic carbocycles. The number of hydrogen-bond acceptors (Lipinski definition) is 5. The molecule has 1 spiro atoms. The van der Waals surface area contributed by atoms with Gasteiger partial charge in [0, 0.05) is 26.1 Å². The van der Waals surface area contributed by atoms with Crippen LogP contribution in [0.3, 0.4) is 0 Å². The van der Waals surface area contributed by atoms with E-state index in [0.29, 0.717) is 25.6 Å². The molecule has 0 aromatic carbocycles. The molecule has 25 heavy (non-hydrogen) atoms. The summed E-state index contributed by atoms with van der Waals surface area (Å²) in [5.41, 5.74) is 0.0671. The van der Waals surface area contributed by atoms with Crippen LogP contribution in [0.1, 0.15) is 31.4 Å². The van der Waals surface area contributed by atoms with Crippen LogP contribution in [0.25, 0.3) is 0 Å². The monoisotopic (exact) mass is 368 g/mol. The topological polar surface area (TPSA) is 63.0 Å². The Hall–Kier alpha value is -0.890. The summed E-state index contributed by atoms with van der Waals surface area (Å²) in [7, 11) is -1.38. The van der Waals surface area contributed by atoms with Gasteiger partial charge in [-0.2, -0.15) is 0 Å². The SMILES string of the molecule is COC[C@@H]1CN(S(=O)(=O)C2CC2)CC12CCN(Cc1ccco1)CC2. The lowest BCUT2D eigenvalue weighted by Crippen LogP contribution is -2.45. The van der Waals surface area contributed by atoms with E-state index in [0.717, 1.165) is 51.1 Å². The van der Waals surface area contributed by atoms with E-state index in [1.807, 2.05) is 12.1 Å². The third-order valence-electron chi connectivity index (χ3n) is 6.27. The highest BCUT2D eigenvalue weighted by molar-refractivity contribution is 7.90. The highest BCUT2D eigenvalue weighted by Crippen LogP contribution is 2.47. The molecule has 140 valence electrons. The van der Waals surface area contributed by atoms with Crippen molar-refractivity contribution >= 4 is 10.0 Å². The highest BCUT2D eigenvalue weighted by Gasteiger charge is 2.53. The van der Waals surface area contributed by atoms with Crippen LogP contribution in [0.2, 0.25) is 0 Å². The van der Waals surface area contributed by atoms with Crippen LogP contribution in [-0.4, -0.2) is 62.8 Å². The predicted octanol–water partition coefficient (Wildman–Crippen LogP) is 1.93. The van der Waals surface area contributed by atoms with Crippen molar-refractivity contribution in [3.63, 3.8) is 0 Å². The lowest BCUT2D eigenvalue weighted by atomic mass is 9.71. The average Bonchev–Trinajstić information content (AvgIpc) is 3.25. The second-order valence-electron chi connectivity index (χ2n) is 7.91. The van der Waals surface area contributed by atoms with E-state index in [9.17, 15) is 8.42 Å². The van der Waals surface area contributed by atoms with Crippen LogP contribution in [0.4, 0.5) is 0 Å². The van der Waals surface area contributed by atoms with Gasteiger partial charge < -0.3 is 9.15 Å². The van der Waals surface area contributed by atoms with Crippen molar-refractivity contribution in [2.45, 2.75) is 37.5 Å². The smallest absolute Gasteiger partial charge is 0.217 e. The molecule has 1 atom stereocenters. The van der Waals surface area contributed by atoms with E-state index < -0.39 is 10.0 Å². The van der Waals surface area contributed by atoms with Gasteiger partial charge in [-0.05, 0) is 56.3 Å². The van der Waals surface area contributed by atoms with Gasteiger partial charge in [-0.15, -0.1) is 0 Å². The van der Waals surface area contributed by atoms with Crippen LogP contribution < -0.4 is 0 Å². The first-order valence-corrected chi connectivity index (χ1v) is 10.8. The summed E-state index contributed by atoms with van der Waals surface area (Å²) in [5, 5.41) is -0.120. The Morgan fingerprint density at radius 2 is 2.08 bits per heavy atom. The molecule has 0 radical (unpaired) electrons. The lowest BCUT2D eigenvalue weighted by molar-refractivity contribution is 0.0338. The van der Waals surface area contributed by atoms with Gasteiger partial charge in [0.25, 0.3) is 0 Å². The van der Waals surface area contributed by atoms with E-state index >= 15 is 0 Å². The summed E-state index contributed by atoms with van der Waals surface area (Å²) in [6, 6.07) is 3.94. The van der Waals surface area contributed by atoms with Crippen molar-refractivity contribution in [2.75, 3.05) is 39.9 Å². The van der Waals surface area contributed by atoms with Gasteiger partial charge in [0.15, 0.2) is 0 Å². The summed E-state index contributed by atoms with van der Waals surface area (Å²) >= 11 is 0. The zero-order valence-corrected chi connectivity index (χ0v) is 15.7. The maximum absolute atomic E-state index is 12.7. The number of likely N-dealkylation sites (tertiary alicyclic amines) is 1. The average molecular weight is 368 g/mol. The van der Waals surface area contributed by atoms with E-state index in [1.165, 1.54) is 0 Å². The van der Waals surface area contributed by atoms with E-state index in [4.69, 9.17) is 9.15 Å². The van der Waals surface area contributed by atoms with Crippen molar-refractivity contribution in [2.24, 2.45) is 11.3 Å². The number of methoxy groups -OCH3 is 1. The number of ether oxygens (including phenoxy) is 1. The molecule has 2 aliphatic heterocycles. The van der Waals surface area contributed by atoms with Crippen molar-refractivity contribution < 1.29 is 17.6 Å². The van der Waals surface area contributed by atoms with E-state index in [2.05, 4.69) is 4.90 Å². The molecular weight excluding hydrogens is 340 g/mol. The molecule has 0 amide bonds. The zero-order chi connectivity index (χ0) is 17.5. The number of nitrogens with zero attached hydrogens (tertiary/aromatic N) is 2. The van der Waals surface area contributed by atoms with Crippen LogP contribution in [0, 0.1) is 11.3 Å². The molecule has 0 unspecified atom stereocenters. The first kappa shape index (κ1) is 17.5. The molecule has 0 bridgehead atoms. The standard InChI is InChI=1S/C18H28N2O4S/c1-23-13-15-11-20(25(21,22)17-4-5-17)14-18(15)6-8-19(9-7-18)12-16-3-2-10-24-16/h2-3,10,15,17H,4-9,11-14H2,1H3/t15-/m0/s1. The number of sulfonamides is 1. The minimum Gasteiger partial charge on any atom is -0.468 e. The van der Waals surface area contributed by atoms with Gasteiger partial charge in [0.2, 0.25) is 10.0 Å². The van der Waals surface area contributed by atoms with Crippen LogP contribution in [0.15, 0.2) is 22.8 Å². The Bertz CT molecular complexity index is 676. The number of hydrogen-bond donors (Lipinski definition) is 0. The molecular formula is C18H28N2O4S. The number of furan rings is 1. The van der Waals surface area contributed by atoms with Gasteiger partial charge in [0.1, 0.15) is 5.76 Å². The summed E-state index contributed by atoms with van der Waals surface area (Å²) < 4.78 is 38.1. The van der Waals surface area contributed by atoms with Crippen LogP contribution in [-0.2, 0) is 21.3 Å². The Morgan fingerprint density at radius 1 is 1.32 bits per heavy atom. The second kappa shape index (κ2) is 6.68. The van der Waals surface area contributed by atoms with Gasteiger partial charge in [-0.1, -0.05) is 0 Å². The van der Waals surface area contributed by atoms with Gasteiger partial charge >= 0.3 is 0 Å². The van der Waals surface area contributed by atoms with Crippen molar-refractivity contribution in [1.29, 1.82) is 0 Å². The minimum absolute atomic E-state index is 0.0671. The van der Waals surface area contributed by atoms with Crippen LogP contribution >= 0.6 is 0 Å². The summed E-state index contributed by atoms with van der Waals surface area (Å²) in [5.74, 6) is 1.30. The van der Waals surface area contributed by atoms with Crippen molar-refractivity contribution in [3.8, 4) is 0 Å². The zero-order valence-electron chi connectivity index (χ0n) is 14.9. The van der Waals surface area contributed by atoms with E-state index in [-0.39, 0.29) is 10.7 Å². The van der Waals surface area contributed by atoms with Crippen LogP contribution in [0.5, 0.6) is 0 Å². The molecule has 3 fully saturated rings. The first-order chi connectivity index (χ1) is 12.0. The first-order valence-electron chi connectivity index (χ1n) is 9.26. The molecule has 1 aromatic rings. The number of piperidine rings is 1. The minimum atomic E-state index is -3.10. The van der Waals surface area contributed by atoms with Gasteiger partial charge in [-0.3, -0.25) is 4.90 Å². The molecule has 0 N–H and O–H groups in total. The third kappa shape index (κ3) is 3.39. The molecule has 2 saturated heterocycles. The largest absolute Gasteiger partial charge is 0.468 e. The molecule has 1 saturated carbocycles. The Balaban J connectivity index is 1.44. The summed E-state index contributed by atoms with van der Waals surface area (Å²) in [6.45, 7) is 4.76. The fraction of sp³-hybridized carbons (Fsp3) is 0.778. The van der Waals surface area contributed by atoms with Crippen molar-refractivity contribution in [3.05, 3.63) is 24.2 Å². The maximum Gasteiger partial charge on any atom is 0.217 e. The Morgan fingerprint density at radius 3 is 2.68 bits per heavy atom. The lowest BCUT2D eigenvalue weighted by Gasteiger charge is -2.42. The normalized spacial score (nSPS) is 28.0. The van der Waals surface area contributed by atoms with Crippen molar-refractivity contribution in [1.82, 2.24) is 9.21 Å².